The van der Waals surface area contributed by atoms with E-state index in [2.05, 4.69) is 5.32 Å². The van der Waals surface area contributed by atoms with Crippen molar-refractivity contribution in [2.45, 2.75) is 20.3 Å². The Morgan fingerprint density at radius 2 is 1.92 bits per heavy atom. The maximum Gasteiger partial charge on any atom is 0.230 e. The van der Waals surface area contributed by atoms with Gasteiger partial charge in [0.05, 0.1) is 22.5 Å². The molecule has 0 aromatic heterocycles. The lowest BCUT2D eigenvalue weighted by Crippen LogP contribution is -2.33. The van der Waals surface area contributed by atoms with Gasteiger partial charge in [-0.05, 0) is 56.2 Å². The number of benzene rings is 2. The largest absolute Gasteiger partial charge is 0.325 e. The van der Waals surface area contributed by atoms with E-state index < -0.39 is 0 Å². The fraction of sp³-hybridized carbons (Fsp3) is 0.300. The first kappa shape index (κ1) is 18.7. The monoisotopic (exact) mass is 390 g/mol. The minimum atomic E-state index is -0.326. The summed E-state index contributed by atoms with van der Waals surface area (Å²) in [5.74, 6) is -0.817. The highest BCUT2D eigenvalue weighted by Crippen LogP contribution is 2.42. The number of halogens is 2. The van der Waals surface area contributed by atoms with Crippen molar-refractivity contribution in [3.8, 4) is 0 Å². The van der Waals surface area contributed by atoms with Crippen LogP contribution >= 0.6 is 23.2 Å². The predicted molar refractivity (Wildman–Crippen MR) is 106 cm³/mol. The molecule has 0 radical (unpaired) electrons. The van der Waals surface area contributed by atoms with Crippen molar-refractivity contribution in [1.82, 2.24) is 0 Å². The van der Waals surface area contributed by atoms with E-state index in [9.17, 15) is 9.59 Å². The van der Waals surface area contributed by atoms with E-state index in [0.29, 0.717) is 28.7 Å². The lowest BCUT2D eigenvalue weighted by Gasteiger charge is -2.21. The highest BCUT2D eigenvalue weighted by atomic mass is 35.5. The molecule has 2 aromatic rings. The number of nitrogens with one attached hydrogen (secondary N) is 1. The van der Waals surface area contributed by atoms with Gasteiger partial charge in [0.25, 0.3) is 0 Å². The van der Waals surface area contributed by atoms with Crippen LogP contribution in [0.4, 0.5) is 11.4 Å². The van der Waals surface area contributed by atoms with Crippen molar-refractivity contribution in [2.24, 2.45) is 11.8 Å². The second-order valence-electron chi connectivity index (χ2n) is 6.48. The lowest BCUT2D eigenvalue weighted by atomic mass is 10.2. The van der Waals surface area contributed by atoms with Gasteiger partial charge in [0, 0.05) is 17.3 Å². The minimum Gasteiger partial charge on any atom is -0.325 e. The fourth-order valence-electron chi connectivity index (χ4n) is 3.04. The average molecular weight is 391 g/mol. The van der Waals surface area contributed by atoms with Gasteiger partial charge in [-0.1, -0.05) is 35.3 Å². The zero-order chi connectivity index (χ0) is 18.8. The molecule has 1 fully saturated rings. The van der Waals surface area contributed by atoms with E-state index in [1.807, 2.05) is 38.1 Å². The molecule has 0 aliphatic heterocycles. The Labute approximate surface area is 163 Å². The molecule has 1 N–H and O–H groups in total. The van der Waals surface area contributed by atoms with Gasteiger partial charge in [0.1, 0.15) is 0 Å². The third-order valence-electron chi connectivity index (χ3n) is 4.53. The standard InChI is InChI=1S/C20H20Cl2N2O2/c1-3-24(14-6-4-5-12(2)9-14)20(26)16-11-15(16)19(25)23-18-8-7-13(21)10-17(18)22/h4-10,15-16H,3,11H2,1-2H3,(H,23,25). The van der Waals surface area contributed by atoms with Crippen molar-refractivity contribution in [3.63, 3.8) is 0 Å². The zero-order valence-electron chi connectivity index (χ0n) is 14.6. The van der Waals surface area contributed by atoms with Crippen LogP contribution in [0.25, 0.3) is 0 Å². The van der Waals surface area contributed by atoms with Gasteiger partial charge < -0.3 is 10.2 Å². The SMILES string of the molecule is CCN(C(=O)C1CC1C(=O)Nc1ccc(Cl)cc1Cl)c1cccc(C)c1. The summed E-state index contributed by atoms with van der Waals surface area (Å²) in [5, 5.41) is 3.67. The molecule has 0 saturated heterocycles. The van der Waals surface area contributed by atoms with Crippen LogP contribution in [0.2, 0.25) is 10.0 Å². The molecule has 136 valence electrons. The molecule has 2 aromatic carbocycles. The summed E-state index contributed by atoms with van der Waals surface area (Å²) in [4.78, 5) is 27.0. The minimum absolute atomic E-state index is 0.0135. The predicted octanol–water partition coefficient (Wildman–Crippen LogP) is 4.93. The molecule has 2 unspecified atom stereocenters. The zero-order valence-corrected chi connectivity index (χ0v) is 16.1. The van der Waals surface area contributed by atoms with Crippen LogP contribution in [-0.4, -0.2) is 18.4 Å². The van der Waals surface area contributed by atoms with Crippen LogP contribution in [0.3, 0.4) is 0 Å². The third-order valence-corrected chi connectivity index (χ3v) is 5.08. The molecule has 1 aliphatic rings. The van der Waals surface area contributed by atoms with Crippen LogP contribution in [0.5, 0.6) is 0 Å². The first-order valence-corrected chi connectivity index (χ1v) is 9.30. The Balaban J connectivity index is 1.66. The van der Waals surface area contributed by atoms with Crippen molar-refractivity contribution in [1.29, 1.82) is 0 Å². The summed E-state index contributed by atoms with van der Waals surface area (Å²) in [7, 11) is 0. The topological polar surface area (TPSA) is 49.4 Å². The van der Waals surface area contributed by atoms with E-state index in [-0.39, 0.29) is 23.7 Å². The number of hydrogen-bond donors (Lipinski definition) is 1. The van der Waals surface area contributed by atoms with Crippen molar-refractivity contribution in [3.05, 3.63) is 58.1 Å². The Morgan fingerprint density at radius 3 is 2.58 bits per heavy atom. The second-order valence-corrected chi connectivity index (χ2v) is 7.33. The first-order chi connectivity index (χ1) is 12.4. The molecular formula is C20H20Cl2N2O2. The highest BCUT2D eigenvalue weighted by molar-refractivity contribution is 6.36. The van der Waals surface area contributed by atoms with Gasteiger partial charge in [0.2, 0.25) is 11.8 Å². The number of aryl methyl sites for hydroxylation is 1. The van der Waals surface area contributed by atoms with Crippen LogP contribution in [0, 0.1) is 18.8 Å². The number of amides is 2. The van der Waals surface area contributed by atoms with E-state index >= 15 is 0 Å². The maximum absolute atomic E-state index is 12.8. The Kier molecular flexibility index (Phi) is 5.54. The Morgan fingerprint density at radius 1 is 1.15 bits per heavy atom. The van der Waals surface area contributed by atoms with Crippen LogP contribution in [0.1, 0.15) is 18.9 Å². The fourth-order valence-corrected chi connectivity index (χ4v) is 3.49. The summed E-state index contributed by atoms with van der Waals surface area (Å²) in [6.45, 7) is 4.49. The molecule has 0 bridgehead atoms. The van der Waals surface area contributed by atoms with Crippen molar-refractivity contribution in [2.75, 3.05) is 16.8 Å². The molecule has 6 heteroatoms. The normalized spacial score (nSPS) is 18.3. The van der Waals surface area contributed by atoms with Crippen molar-refractivity contribution < 1.29 is 9.59 Å². The van der Waals surface area contributed by atoms with Gasteiger partial charge in [-0.25, -0.2) is 0 Å². The Bertz CT molecular complexity index is 853. The number of anilines is 2. The summed E-state index contributed by atoms with van der Waals surface area (Å²) in [5.41, 5.74) is 2.46. The van der Waals surface area contributed by atoms with E-state index in [1.165, 1.54) is 0 Å². The smallest absolute Gasteiger partial charge is 0.230 e. The van der Waals surface area contributed by atoms with Gasteiger partial charge in [-0.2, -0.15) is 0 Å². The van der Waals surface area contributed by atoms with Gasteiger partial charge >= 0.3 is 0 Å². The molecule has 2 atom stereocenters. The number of nitrogens with zero attached hydrogens (tertiary/aromatic N) is 1. The number of rotatable bonds is 5. The quantitative estimate of drug-likeness (QED) is 0.786. The number of hydrogen-bond acceptors (Lipinski definition) is 2. The maximum atomic E-state index is 12.8. The summed E-state index contributed by atoms with van der Waals surface area (Å²) < 4.78 is 0. The molecule has 3 rings (SSSR count). The molecule has 1 aliphatic carbocycles. The molecule has 4 nitrogen and oxygen atoms in total. The molecule has 0 heterocycles. The van der Waals surface area contributed by atoms with Gasteiger partial charge in [0.15, 0.2) is 0 Å². The van der Waals surface area contributed by atoms with Crippen LogP contribution < -0.4 is 10.2 Å². The van der Waals surface area contributed by atoms with E-state index in [4.69, 9.17) is 23.2 Å². The number of carbonyl (C=O) groups excluding carboxylic acids is 2. The van der Waals surface area contributed by atoms with Gasteiger partial charge in [-0.3, -0.25) is 9.59 Å². The first-order valence-electron chi connectivity index (χ1n) is 8.54. The van der Waals surface area contributed by atoms with E-state index in [1.54, 1.807) is 23.1 Å². The van der Waals surface area contributed by atoms with Gasteiger partial charge in [-0.15, -0.1) is 0 Å². The Hall–Kier alpha value is -2.04. The van der Waals surface area contributed by atoms with E-state index in [0.717, 1.165) is 11.3 Å². The third kappa shape index (κ3) is 4.02. The lowest BCUT2D eigenvalue weighted by molar-refractivity contribution is -0.123. The summed E-state index contributed by atoms with van der Waals surface area (Å²) in [6, 6.07) is 12.7. The second kappa shape index (κ2) is 7.68. The highest BCUT2D eigenvalue weighted by Gasteiger charge is 2.49. The van der Waals surface area contributed by atoms with Crippen molar-refractivity contribution >= 4 is 46.4 Å². The number of carbonyl (C=O) groups is 2. The average Bonchev–Trinajstić information content (AvgIpc) is 3.39. The molecule has 1 saturated carbocycles. The molecule has 26 heavy (non-hydrogen) atoms. The van der Waals surface area contributed by atoms with Crippen LogP contribution in [0.15, 0.2) is 42.5 Å². The summed E-state index contributed by atoms with van der Waals surface area (Å²) in [6.07, 6.45) is 0.554. The molecule has 2 amide bonds. The summed E-state index contributed by atoms with van der Waals surface area (Å²) >= 11 is 12.0. The molecular weight excluding hydrogens is 371 g/mol. The molecule has 0 spiro atoms. The van der Waals surface area contributed by atoms with Crippen LogP contribution in [-0.2, 0) is 9.59 Å².